The van der Waals surface area contributed by atoms with Gasteiger partial charge in [0.2, 0.25) is 0 Å². The number of aromatic nitrogens is 2. The molecule has 94 valence electrons. The smallest absolute Gasteiger partial charge is 0.263 e. The molecule has 1 amide bonds. The van der Waals surface area contributed by atoms with Gasteiger partial charge in [-0.05, 0) is 19.1 Å². The maximum atomic E-state index is 11.9. The van der Waals surface area contributed by atoms with Gasteiger partial charge in [-0.3, -0.25) is 9.78 Å². The molecule has 5 nitrogen and oxygen atoms in total. The monoisotopic (exact) mass is 262 g/mol. The summed E-state index contributed by atoms with van der Waals surface area (Å²) in [7, 11) is 0. The van der Waals surface area contributed by atoms with E-state index in [0.717, 1.165) is 10.6 Å². The molecule has 2 aromatic rings. The van der Waals surface area contributed by atoms with Crippen LogP contribution in [0, 0.1) is 0 Å². The molecular formula is C12H14N4OS. The van der Waals surface area contributed by atoms with Crippen LogP contribution in [0.25, 0.3) is 10.6 Å². The SMILES string of the molecule is C[C@@H](CN)NC(=O)c1cnc(-c2ccncc2)s1. The molecular weight excluding hydrogens is 248 g/mol. The largest absolute Gasteiger partial charge is 0.348 e. The van der Waals surface area contributed by atoms with E-state index in [1.807, 2.05) is 19.1 Å². The quantitative estimate of drug-likeness (QED) is 0.869. The molecule has 0 aliphatic rings. The lowest BCUT2D eigenvalue weighted by Gasteiger charge is -2.09. The number of nitrogens with two attached hydrogens (primary N) is 1. The Kier molecular flexibility index (Phi) is 4.01. The molecule has 0 radical (unpaired) electrons. The molecule has 0 saturated carbocycles. The standard InChI is InChI=1S/C12H14N4OS/c1-8(6-13)16-11(17)10-7-15-12(18-10)9-2-4-14-5-3-9/h2-5,7-8H,6,13H2,1H3,(H,16,17)/t8-/m0/s1. The van der Waals surface area contributed by atoms with Crippen LogP contribution in [0.2, 0.25) is 0 Å². The maximum absolute atomic E-state index is 11.9. The number of pyridine rings is 1. The first-order valence-electron chi connectivity index (χ1n) is 5.58. The van der Waals surface area contributed by atoms with E-state index < -0.39 is 0 Å². The van der Waals surface area contributed by atoms with E-state index >= 15 is 0 Å². The van der Waals surface area contributed by atoms with Crippen molar-refractivity contribution in [1.29, 1.82) is 0 Å². The lowest BCUT2D eigenvalue weighted by molar-refractivity contribution is 0.0945. The average Bonchev–Trinajstić information content (AvgIpc) is 2.89. The van der Waals surface area contributed by atoms with Gasteiger partial charge >= 0.3 is 0 Å². The van der Waals surface area contributed by atoms with Crippen LogP contribution in [0.15, 0.2) is 30.7 Å². The fraction of sp³-hybridized carbons (Fsp3) is 0.250. The summed E-state index contributed by atoms with van der Waals surface area (Å²) in [5.74, 6) is -0.134. The van der Waals surface area contributed by atoms with Crippen molar-refractivity contribution in [2.75, 3.05) is 6.54 Å². The molecule has 18 heavy (non-hydrogen) atoms. The van der Waals surface area contributed by atoms with E-state index in [9.17, 15) is 4.79 Å². The minimum atomic E-state index is -0.134. The Morgan fingerprint density at radius 2 is 2.22 bits per heavy atom. The van der Waals surface area contributed by atoms with Gasteiger partial charge in [-0.15, -0.1) is 11.3 Å². The number of carbonyl (C=O) groups excluding carboxylic acids is 1. The van der Waals surface area contributed by atoms with Crippen molar-refractivity contribution in [3.63, 3.8) is 0 Å². The lowest BCUT2D eigenvalue weighted by Crippen LogP contribution is -2.37. The molecule has 2 aromatic heterocycles. The Labute approximate surface area is 109 Å². The summed E-state index contributed by atoms with van der Waals surface area (Å²) in [6.07, 6.45) is 4.99. The van der Waals surface area contributed by atoms with E-state index in [4.69, 9.17) is 5.73 Å². The number of hydrogen-bond acceptors (Lipinski definition) is 5. The third kappa shape index (κ3) is 2.91. The van der Waals surface area contributed by atoms with Crippen LogP contribution >= 0.6 is 11.3 Å². The van der Waals surface area contributed by atoms with Crippen LogP contribution in [0.3, 0.4) is 0 Å². The highest BCUT2D eigenvalue weighted by atomic mass is 32.1. The number of rotatable bonds is 4. The molecule has 0 aromatic carbocycles. The normalized spacial score (nSPS) is 12.1. The molecule has 0 spiro atoms. The van der Waals surface area contributed by atoms with Crippen molar-refractivity contribution in [2.24, 2.45) is 5.73 Å². The molecule has 2 heterocycles. The van der Waals surface area contributed by atoms with Crippen LogP contribution in [0.4, 0.5) is 0 Å². The number of carbonyl (C=O) groups is 1. The van der Waals surface area contributed by atoms with Gasteiger partial charge in [0.1, 0.15) is 9.88 Å². The summed E-state index contributed by atoms with van der Waals surface area (Å²) in [6.45, 7) is 2.28. The Balaban J connectivity index is 2.13. The highest BCUT2D eigenvalue weighted by Gasteiger charge is 2.13. The van der Waals surface area contributed by atoms with E-state index in [1.165, 1.54) is 11.3 Å². The van der Waals surface area contributed by atoms with Crippen molar-refractivity contribution in [3.05, 3.63) is 35.6 Å². The highest BCUT2D eigenvalue weighted by Crippen LogP contribution is 2.24. The van der Waals surface area contributed by atoms with Crippen LogP contribution < -0.4 is 11.1 Å². The van der Waals surface area contributed by atoms with Gasteiger partial charge < -0.3 is 11.1 Å². The second-order valence-corrected chi connectivity index (χ2v) is 4.91. The summed E-state index contributed by atoms with van der Waals surface area (Å²) >= 11 is 1.35. The van der Waals surface area contributed by atoms with Gasteiger partial charge in [-0.2, -0.15) is 0 Å². The van der Waals surface area contributed by atoms with Crippen LogP contribution in [0.5, 0.6) is 0 Å². The van der Waals surface area contributed by atoms with Gasteiger partial charge in [0, 0.05) is 30.5 Å². The molecule has 2 rings (SSSR count). The molecule has 1 atom stereocenters. The summed E-state index contributed by atoms with van der Waals surface area (Å²) in [6, 6.07) is 3.69. The number of hydrogen-bond donors (Lipinski definition) is 2. The summed E-state index contributed by atoms with van der Waals surface area (Å²) < 4.78 is 0. The zero-order chi connectivity index (χ0) is 13.0. The molecule has 0 saturated heterocycles. The van der Waals surface area contributed by atoms with Crippen LogP contribution in [-0.2, 0) is 0 Å². The first kappa shape index (κ1) is 12.7. The van der Waals surface area contributed by atoms with Crippen molar-refractivity contribution < 1.29 is 4.79 Å². The first-order valence-corrected chi connectivity index (χ1v) is 6.39. The van der Waals surface area contributed by atoms with Crippen molar-refractivity contribution in [1.82, 2.24) is 15.3 Å². The number of nitrogens with zero attached hydrogens (tertiary/aromatic N) is 2. The topological polar surface area (TPSA) is 80.9 Å². The maximum Gasteiger partial charge on any atom is 0.263 e. The third-order valence-corrected chi connectivity index (χ3v) is 3.43. The highest BCUT2D eigenvalue weighted by molar-refractivity contribution is 7.16. The molecule has 0 aliphatic carbocycles. The Hall–Kier alpha value is -1.79. The Bertz CT molecular complexity index is 526. The number of nitrogens with one attached hydrogen (secondary N) is 1. The van der Waals surface area contributed by atoms with Crippen molar-refractivity contribution in [2.45, 2.75) is 13.0 Å². The Morgan fingerprint density at radius 3 is 2.89 bits per heavy atom. The van der Waals surface area contributed by atoms with Crippen molar-refractivity contribution >= 4 is 17.2 Å². The van der Waals surface area contributed by atoms with Crippen LogP contribution in [-0.4, -0.2) is 28.5 Å². The minimum absolute atomic E-state index is 0.0380. The minimum Gasteiger partial charge on any atom is -0.348 e. The lowest BCUT2D eigenvalue weighted by atomic mass is 10.3. The molecule has 0 bridgehead atoms. The zero-order valence-corrected chi connectivity index (χ0v) is 10.8. The molecule has 0 unspecified atom stereocenters. The van der Waals surface area contributed by atoms with Crippen molar-refractivity contribution in [3.8, 4) is 10.6 Å². The first-order chi connectivity index (χ1) is 8.70. The second-order valence-electron chi connectivity index (χ2n) is 3.88. The molecule has 3 N–H and O–H groups in total. The molecule has 0 fully saturated rings. The number of amides is 1. The number of thiazole rings is 1. The second kappa shape index (κ2) is 5.70. The van der Waals surface area contributed by atoms with Gasteiger partial charge in [-0.1, -0.05) is 0 Å². The van der Waals surface area contributed by atoms with Gasteiger partial charge in [-0.25, -0.2) is 4.98 Å². The zero-order valence-electron chi connectivity index (χ0n) is 9.96. The van der Waals surface area contributed by atoms with E-state index in [0.29, 0.717) is 11.4 Å². The predicted octanol–water partition coefficient (Wildman–Crippen LogP) is 1.28. The van der Waals surface area contributed by atoms with Gasteiger partial charge in [0.15, 0.2) is 0 Å². The van der Waals surface area contributed by atoms with Gasteiger partial charge in [0.05, 0.1) is 6.20 Å². The van der Waals surface area contributed by atoms with Crippen LogP contribution in [0.1, 0.15) is 16.6 Å². The van der Waals surface area contributed by atoms with Gasteiger partial charge in [0.25, 0.3) is 5.91 Å². The predicted molar refractivity (Wildman–Crippen MR) is 71.3 cm³/mol. The summed E-state index contributed by atoms with van der Waals surface area (Å²) in [4.78, 5) is 20.6. The Morgan fingerprint density at radius 1 is 1.50 bits per heavy atom. The fourth-order valence-electron chi connectivity index (χ4n) is 1.36. The third-order valence-electron chi connectivity index (χ3n) is 2.39. The molecule has 6 heteroatoms. The fourth-order valence-corrected chi connectivity index (χ4v) is 2.19. The van der Waals surface area contributed by atoms with E-state index in [-0.39, 0.29) is 11.9 Å². The summed E-state index contributed by atoms with van der Waals surface area (Å²) in [5.41, 5.74) is 6.42. The summed E-state index contributed by atoms with van der Waals surface area (Å²) in [5, 5.41) is 3.61. The molecule has 0 aliphatic heterocycles. The van der Waals surface area contributed by atoms with E-state index in [1.54, 1.807) is 18.6 Å². The average molecular weight is 262 g/mol. The van der Waals surface area contributed by atoms with E-state index in [2.05, 4.69) is 15.3 Å².